The lowest BCUT2D eigenvalue weighted by atomic mass is 10.1. The van der Waals surface area contributed by atoms with Crippen molar-refractivity contribution in [2.24, 2.45) is 0 Å². The van der Waals surface area contributed by atoms with Crippen LogP contribution >= 0.6 is 36.4 Å². The van der Waals surface area contributed by atoms with Crippen molar-refractivity contribution in [2.75, 3.05) is 36.1 Å². The fraction of sp³-hybridized carbons (Fsp3) is 0.474. The van der Waals surface area contributed by atoms with Crippen molar-refractivity contribution in [3.8, 4) is 0 Å². The van der Waals surface area contributed by atoms with Crippen LogP contribution < -0.4 is 21.3 Å². The molecule has 0 bridgehead atoms. The van der Waals surface area contributed by atoms with Gasteiger partial charge in [-0.1, -0.05) is 11.6 Å². The van der Waals surface area contributed by atoms with Crippen molar-refractivity contribution in [1.82, 2.24) is 15.3 Å². The number of likely N-dealkylation sites (N-methyl/N-ethyl adjacent to an activating group) is 1. The molecule has 1 saturated heterocycles. The Hall–Kier alpha value is -1.47. The number of hydrogen-bond acceptors (Lipinski definition) is 6. The Labute approximate surface area is 183 Å². The number of anilines is 4. The highest BCUT2D eigenvalue weighted by molar-refractivity contribution is 6.33. The first-order valence-corrected chi connectivity index (χ1v) is 9.66. The first-order valence-electron chi connectivity index (χ1n) is 9.28. The van der Waals surface area contributed by atoms with Gasteiger partial charge in [-0.2, -0.15) is 4.98 Å². The topological polar surface area (TPSA) is 79.1 Å². The first kappa shape index (κ1) is 22.8. The number of nitrogens with one attached hydrogen (secondary N) is 2. The lowest BCUT2D eigenvalue weighted by molar-refractivity contribution is 0.447. The van der Waals surface area contributed by atoms with Gasteiger partial charge in [0.25, 0.3) is 0 Å². The van der Waals surface area contributed by atoms with E-state index in [4.69, 9.17) is 27.3 Å². The largest absolute Gasteiger partial charge is 0.397 e. The third-order valence-corrected chi connectivity index (χ3v) is 5.64. The number of nitrogen functional groups attached to an aromatic ring is 1. The third kappa shape index (κ3) is 4.74. The molecule has 2 heterocycles. The van der Waals surface area contributed by atoms with Crippen LogP contribution in [0.5, 0.6) is 0 Å². The monoisotopic (exact) mass is 444 g/mol. The molecule has 28 heavy (non-hydrogen) atoms. The summed E-state index contributed by atoms with van der Waals surface area (Å²) in [5.74, 6) is 1.73. The maximum absolute atomic E-state index is 6.02. The first-order chi connectivity index (χ1) is 12.6. The van der Waals surface area contributed by atoms with E-state index in [1.54, 1.807) is 6.07 Å². The van der Waals surface area contributed by atoms with E-state index in [1.807, 2.05) is 19.2 Å². The number of benzene rings is 1. The minimum atomic E-state index is 0. The Morgan fingerprint density at radius 2 is 2.00 bits per heavy atom. The maximum Gasteiger partial charge on any atom is 0.229 e. The molecule has 1 aromatic heterocycles. The molecule has 2 aromatic rings. The van der Waals surface area contributed by atoms with Crippen molar-refractivity contribution < 1.29 is 0 Å². The summed E-state index contributed by atoms with van der Waals surface area (Å²) in [6, 6.07) is 6.02. The van der Waals surface area contributed by atoms with Gasteiger partial charge in [-0.05, 0) is 57.4 Å². The number of piperidine rings is 1. The van der Waals surface area contributed by atoms with Crippen molar-refractivity contribution >= 4 is 59.6 Å². The average molecular weight is 446 g/mol. The van der Waals surface area contributed by atoms with Gasteiger partial charge in [0, 0.05) is 30.4 Å². The van der Waals surface area contributed by atoms with Gasteiger partial charge < -0.3 is 21.3 Å². The summed E-state index contributed by atoms with van der Waals surface area (Å²) in [4.78, 5) is 12.1. The van der Waals surface area contributed by atoms with Crippen LogP contribution in [0.1, 0.15) is 30.5 Å². The van der Waals surface area contributed by atoms with Crippen LogP contribution in [0.25, 0.3) is 0 Å². The van der Waals surface area contributed by atoms with Gasteiger partial charge in [-0.3, -0.25) is 0 Å². The van der Waals surface area contributed by atoms with E-state index in [2.05, 4.69) is 15.5 Å². The molecule has 4 N–H and O–H groups in total. The molecule has 0 amide bonds. The summed E-state index contributed by atoms with van der Waals surface area (Å²) in [6.45, 7) is 2.04. The van der Waals surface area contributed by atoms with E-state index < -0.39 is 0 Å². The molecule has 0 unspecified atom stereocenters. The Morgan fingerprint density at radius 3 is 2.75 bits per heavy atom. The van der Waals surface area contributed by atoms with E-state index in [-0.39, 0.29) is 24.8 Å². The molecule has 2 aliphatic rings. The Morgan fingerprint density at radius 1 is 1.18 bits per heavy atom. The Bertz CT molecular complexity index is 816. The number of hydrogen-bond donors (Lipinski definition) is 3. The Kier molecular flexibility index (Phi) is 8.01. The summed E-state index contributed by atoms with van der Waals surface area (Å²) in [5.41, 5.74) is 9.81. The summed E-state index contributed by atoms with van der Waals surface area (Å²) in [7, 11) is 2.04. The second kappa shape index (κ2) is 9.83. The van der Waals surface area contributed by atoms with Crippen LogP contribution in [0.15, 0.2) is 18.2 Å². The van der Waals surface area contributed by atoms with Gasteiger partial charge in [-0.15, -0.1) is 24.8 Å². The van der Waals surface area contributed by atoms with Gasteiger partial charge in [0.2, 0.25) is 5.95 Å². The van der Waals surface area contributed by atoms with Crippen LogP contribution in [0.2, 0.25) is 5.02 Å². The van der Waals surface area contributed by atoms with Gasteiger partial charge in [0.05, 0.1) is 16.4 Å². The predicted octanol–water partition coefficient (Wildman–Crippen LogP) is 3.98. The molecule has 1 atom stereocenters. The fourth-order valence-corrected chi connectivity index (χ4v) is 4.00. The maximum atomic E-state index is 6.02. The smallest absolute Gasteiger partial charge is 0.229 e. The number of aromatic nitrogens is 2. The van der Waals surface area contributed by atoms with Crippen LogP contribution in [0.3, 0.4) is 0 Å². The summed E-state index contributed by atoms with van der Waals surface area (Å²) in [5, 5.41) is 7.27. The fourth-order valence-electron chi connectivity index (χ4n) is 3.89. The minimum absolute atomic E-state index is 0. The summed E-state index contributed by atoms with van der Waals surface area (Å²) >= 11 is 6.02. The van der Waals surface area contributed by atoms with Gasteiger partial charge >= 0.3 is 0 Å². The number of rotatable bonds is 4. The molecular formula is C19H27Cl3N6. The second-order valence-corrected chi connectivity index (χ2v) is 7.49. The normalized spacial score (nSPS) is 18.1. The number of nitrogens with zero attached hydrogens (tertiary/aromatic N) is 3. The van der Waals surface area contributed by atoms with Crippen molar-refractivity contribution in [3.63, 3.8) is 0 Å². The zero-order valence-corrected chi connectivity index (χ0v) is 18.3. The highest BCUT2D eigenvalue weighted by Gasteiger charge is 2.26. The molecule has 6 nitrogen and oxygen atoms in total. The van der Waals surface area contributed by atoms with Gasteiger partial charge in [0.1, 0.15) is 5.82 Å². The summed E-state index contributed by atoms with van der Waals surface area (Å²) in [6.07, 6.45) is 5.64. The zero-order chi connectivity index (χ0) is 18.1. The van der Waals surface area contributed by atoms with E-state index >= 15 is 0 Å². The number of nitrogens with two attached hydrogens (primary N) is 1. The molecule has 0 saturated carbocycles. The number of halogens is 3. The molecule has 1 aromatic carbocycles. The highest BCUT2D eigenvalue weighted by Crippen LogP contribution is 2.32. The standard InChI is InChI=1S/C19H25ClN6.2ClH/c1-22-13-4-3-9-26(11-13)18-14-5-2-6-17(14)24-19(25-18)23-12-7-8-15(20)16(21)10-12;;/h7-8,10,13,22H,2-6,9,11,21H2,1H3,(H,23,24,25);2*1H/t13-;;/m1../s1. The highest BCUT2D eigenvalue weighted by atomic mass is 35.5. The molecule has 154 valence electrons. The Balaban J connectivity index is 0.00000140. The van der Waals surface area contributed by atoms with Crippen molar-refractivity contribution in [2.45, 2.75) is 38.1 Å². The van der Waals surface area contributed by atoms with E-state index in [1.165, 1.54) is 24.1 Å². The van der Waals surface area contributed by atoms with E-state index in [0.29, 0.717) is 22.7 Å². The molecule has 1 aliphatic carbocycles. The minimum Gasteiger partial charge on any atom is -0.397 e. The summed E-state index contributed by atoms with van der Waals surface area (Å²) < 4.78 is 0. The molecule has 9 heteroatoms. The lowest BCUT2D eigenvalue weighted by Crippen LogP contribution is -2.45. The van der Waals surface area contributed by atoms with E-state index in [0.717, 1.165) is 43.9 Å². The average Bonchev–Trinajstić information content (AvgIpc) is 3.12. The SMILES string of the molecule is CN[C@@H]1CCCN(c2nc(Nc3ccc(Cl)c(N)c3)nc3c2CCC3)C1.Cl.Cl. The number of fused-ring (bicyclic) bond motifs is 1. The number of aryl methyl sites for hydroxylation is 1. The van der Waals surface area contributed by atoms with E-state index in [9.17, 15) is 0 Å². The van der Waals surface area contributed by atoms with Crippen molar-refractivity contribution in [3.05, 3.63) is 34.5 Å². The second-order valence-electron chi connectivity index (χ2n) is 7.08. The predicted molar refractivity (Wildman–Crippen MR) is 122 cm³/mol. The molecule has 1 fully saturated rings. The molecule has 0 spiro atoms. The van der Waals surface area contributed by atoms with Crippen molar-refractivity contribution in [1.29, 1.82) is 0 Å². The van der Waals surface area contributed by atoms with Gasteiger partial charge in [-0.25, -0.2) is 4.98 Å². The molecule has 4 rings (SSSR count). The van der Waals surface area contributed by atoms with Crippen LogP contribution in [0.4, 0.5) is 23.1 Å². The molecule has 1 aliphatic heterocycles. The lowest BCUT2D eigenvalue weighted by Gasteiger charge is -2.34. The molecule has 0 radical (unpaired) electrons. The van der Waals surface area contributed by atoms with Crippen LogP contribution in [-0.2, 0) is 12.8 Å². The van der Waals surface area contributed by atoms with Gasteiger partial charge in [0.15, 0.2) is 0 Å². The van der Waals surface area contributed by atoms with Crippen LogP contribution in [0, 0.1) is 0 Å². The third-order valence-electron chi connectivity index (χ3n) is 5.29. The zero-order valence-electron chi connectivity index (χ0n) is 15.9. The quantitative estimate of drug-likeness (QED) is 0.618. The van der Waals surface area contributed by atoms with Crippen LogP contribution in [-0.4, -0.2) is 36.1 Å². The molecular weight excluding hydrogens is 419 g/mol.